The molecule has 1 aromatic heterocycles. The number of anilines is 1. The minimum Gasteiger partial charge on any atom is -0.452 e. The number of hydrogen-bond acceptors (Lipinski definition) is 6. The van der Waals surface area contributed by atoms with E-state index in [1.807, 2.05) is 73.6 Å². The quantitative estimate of drug-likeness (QED) is 0.621. The van der Waals surface area contributed by atoms with Crippen LogP contribution in [0.25, 0.3) is 11.3 Å². The van der Waals surface area contributed by atoms with Crippen LogP contribution in [0.3, 0.4) is 0 Å². The number of esters is 1. The van der Waals surface area contributed by atoms with Gasteiger partial charge in [0.15, 0.2) is 6.61 Å². The van der Waals surface area contributed by atoms with Gasteiger partial charge in [0.05, 0.1) is 0 Å². The van der Waals surface area contributed by atoms with E-state index in [4.69, 9.17) is 9.26 Å². The Morgan fingerprint density at radius 3 is 2.41 bits per heavy atom. The molecule has 3 rings (SSSR count). The Labute approximate surface area is 169 Å². The molecular formula is C22H23N3O4. The van der Waals surface area contributed by atoms with Gasteiger partial charge in [0.1, 0.15) is 17.0 Å². The van der Waals surface area contributed by atoms with Crippen LogP contribution in [0.15, 0.2) is 59.1 Å². The zero-order valence-corrected chi connectivity index (χ0v) is 16.6. The number of carbonyl (C=O) groups excluding carboxylic acids is 2. The number of rotatable bonds is 7. The van der Waals surface area contributed by atoms with Crippen molar-refractivity contribution in [2.45, 2.75) is 13.5 Å². The van der Waals surface area contributed by atoms with Crippen molar-refractivity contribution in [2.24, 2.45) is 0 Å². The minimum absolute atomic E-state index is 0.225. The number of hydrogen-bond donors (Lipinski definition) is 1. The smallest absolute Gasteiger partial charge is 0.344 e. The third-order valence-corrected chi connectivity index (χ3v) is 4.39. The predicted octanol–water partition coefficient (Wildman–Crippen LogP) is 3.19. The van der Waals surface area contributed by atoms with E-state index in [9.17, 15) is 9.59 Å². The summed E-state index contributed by atoms with van der Waals surface area (Å²) < 4.78 is 10.3. The van der Waals surface area contributed by atoms with Gasteiger partial charge in [-0.15, -0.1) is 0 Å². The van der Waals surface area contributed by atoms with E-state index >= 15 is 0 Å². The zero-order chi connectivity index (χ0) is 20.8. The molecule has 1 N–H and O–H groups in total. The lowest BCUT2D eigenvalue weighted by Gasteiger charge is -2.13. The maximum absolute atomic E-state index is 12.5. The summed E-state index contributed by atoms with van der Waals surface area (Å²) in [4.78, 5) is 26.6. The van der Waals surface area contributed by atoms with E-state index in [1.54, 1.807) is 6.92 Å². The highest BCUT2D eigenvalue weighted by atomic mass is 16.5. The maximum Gasteiger partial charge on any atom is 0.344 e. The van der Waals surface area contributed by atoms with Crippen molar-refractivity contribution >= 4 is 17.6 Å². The number of nitrogens with zero attached hydrogens (tertiary/aromatic N) is 2. The average Bonchev–Trinajstić information content (AvgIpc) is 3.13. The van der Waals surface area contributed by atoms with Gasteiger partial charge in [-0.25, -0.2) is 4.79 Å². The van der Waals surface area contributed by atoms with Gasteiger partial charge >= 0.3 is 5.97 Å². The molecule has 0 atom stereocenters. The van der Waals surface area contributed by atoms with Crippen molar-refractivity contribution in [3.8, 4) is 11.3 Å². The molecule has 2 aromatic carbocycles. The number of nitrogens with one attached hydrogen (secondary N) is 1. The first-order valence-electron chi connectivity index (χ1n) is 9.17. The zero-order valence-electron chi connectivity index (χ0n) is 16.6. The van der Waals surface area contributed by atoms with Crippen LogP contribution in [0.5, 0.6) is 0 Å². The van der Waals surface area contributed by atoms with Gasteiger partial charge in [-0.05, 0) is 24.6 Å². The molecule has 7 nitrogen and oxygen atoms in total. The van der Waals surface area contributed by atoms with Crippen LogP contribution in [0.2, 0.25) is 0 Å². The number of ether oxygens (including phenoxy) is 1. The first-order valence-corrected chi connectivity index (χ1v) is 9.17. The molecule has 0 radical (unpaired) electrons. The predicted molar refractivity (Wildman–Crippen MR) is 110 cm³/mol. The van der Waals surface area contributed by atoms with Crippen molar-refractivity contribution in [1.29, 1.82) is 0 Å². The Bertz CT molecular complexity index is 979. The fourth-order valence-corrected chi connectivity index (χ4v) is 2.77. The second-order valence-electron chi connectivity index (χ2n) is 6.74. The van der Waals surface area contributed by atoms with Crippen molar-refractivity contribution in [1.82, 2.24) is 10.5 Å². The molecule has 150 valence electrons. The molecule has 0 bridgehead atoms. The summed E-state index contributed by atoms with van der Waals surface area (Å²) in [6.07, 6.45) is 0. The van der Waals surface area contributed by atoms with Crippen LogP contribution < -0.4 is 10.2 Å². The van der Waals surface area contributed by atoms with Gasteiger partial charge < -0.3 is 19.5 Å². The molecule has 3 aromatic rings. The van der Waals surface area contributed by atoms with Crippen LogP contribution in [0, 0.1) is 6.92 Å². The van der Waals surface area contributed by atoms with E-state index in [2.05, 4.69) is 10.5 Å². The lowest BCUT2D eigenvalue weighted by atomic mass is 10.1. The van der Waals surface area contributed by atoms with Gasteiger partial charge in [-0.2, -0.15) is 0 Å². The molecule has 0 saturated heterocycles. The fourth-order valence-electron chi connectivity index (χ4n) is 2.77. The van der Waals surface area contributed by atoms with Gasteiger partial charge in [0.25, 0.3) is 5.91 Å². The third kappa shape index (κ3) is 5.01. The van der Waals surface area contributed by atoms with Crippen molar-refractivity contribution in [3.05, 3.63) is 71.5 Å². The maximum atomic E-state index is 12.5. The first kappa shape index (κ1) is 20.1. The molecular weight excluding hydrogens is 370 g/mol. The van der Waals surface area contributed by atoms with Crippen molar-refractivity contribution in [2.75, 3.05) is 25.6 Å². The van der Waals surface area contributed by atoms with Crippen molar-refractivity contribution in [3.63, 3.8) is 0 Å². The van der Waals surface area contributed by atoms with Crippen molar-refractivity contribution < 1.29 is 18.8 Å². The number of aromatic nitrogens is 1. The van der Waals surface area contributed by atoms with Crippen LogP contribution in [0.4, 0.5) is 5.69 Å². The van der Waals surface area contributed by atoms with Gasteiger partial charge in [-0.3, -0.25) is 4.79 Å². The molecule has 29 heavy (non-hydrogen) atoms. The molecule has 0 fully saturated rings. The highest BCUT2D eigenvalue weighted by Crippen LogP contribution is 2.25. The van der Waals surface area contributed by atoms with Gasteiger partial charge in [-0.1, -0.05) is 47.6 Å². The topological polar surface area (TPSA) is 84.7 Å². The van der Waals surface area contributed by atoms with E-state index in [1.165, 1.54) is 0 Å². The molecule has 1 heterocycles. The normalized spacial score (nSPS) is 10.4. The van der Waals surface area contributed by atoms with E-state index in [0.717, 1.165) is 16.8 Å². The second-order valence-corrected chi connectivity index (χ2v) is 6.74. The van der Waals surface area contributed by atoms with Crippen LogP contribution in [-0.2, 0) is 16.1 Å². The SMILES string of the molecule is Cc1onc(-c2ccccc2)c1C(=O)OCC(=O)NCc1ccc(N(C)C)cc1. The molecule has 0 aliphatic carbocycles. The molecule has 7 heteroatoms. The number of carbonyl (C=O) groups is 2. The highest BCUT2D eigenvalue weighted by molar-refractivity contribution is 5.98. The Balaban J connectivity index is 1.56. The standard InChI is InChI=1S/C22H23N3O4/c1-15-20(21(24-29-15)17-7-5-4-6-8-17)22(27)28-14-19(26)23-13-16-9-11-18(12-10-16)25(2)3/h4-12H,13-14H2,1-3H3,(H,23,26). The number of benzene rings is 2. The van der Waals surface area contributed by atoms with E-state index < -0.39 is 5.97 Å². The highest BCUT2D eigenvalue weighted by Gasteiger charge is 2.23. The van der Waals surface area contributed by atoms with Gasteiger partial charge in [0.2, 0.25) is 0 Å². The van der Waals surface area contributed by atoms with Gasteiger partial charge in [0, 0.05) is 31.9 Å². The Kier molecular flexibility index (Phi) is 6.29. The largest absolute Gasteiger partial charge is 0.452 e. The lowest BCUT2D eigenvalue weighted by Crippen LogP contribution is -2.28. The number of aryl methyl sites for hydroxylation is 1. The monoisotopic (exact) mass is 393 g/mol. The van der Waals surface area contributed by atoms with Crippen LogP contribution >= 0.6 is 0 Å². The Morgan fingerprint density at radius 2 is 1.76 bits per heavy atom. The molecule has 0 aliphatic heterocycles. The summed E-state index contributed by atoms with van der Waals surface area (Å²) in [6.45, 7) is 1.60. The summed E-state index contributed by atoms with van der Waals surface area (Å²) in [7, 11) is 3.93. The van der Waals surface area contributed by atoms with Crippen LogP contribution in [-0.4, -0.2) is 37.7 Å². The lowest BCUT2D eigenvalue weighted by molar-refractivity contribution is -0.124. The third-order valence-electron chi connectivity index (χ3n) is 4.39. The minimum atomic E-state index is -0.645. The summed E-state index contributed by atoms with van der Waals surface area (Å²) >= 11 is 0. The summed E-state index contributed by atoms with van der Waals surface area (Å²) in [5, 5.41) is 6.69. The average molecular weight is 393 g/mol. The number of amides is 1. The molecule has 0 unspecified atom stereocenters. The summed E-state index contributed by atoms with van der Waals surface area (Å²) in [6, 6.07) is 17.0. The molecule has 0 spiro atoms. The van der Waals surface area contributed by atoms with E-state index in [-0.39, 0.29) is 18.1 Å². The first-order chi connectivity index (χ1) is 14.0. The summed E-state index contributed by atoms with van der Waals surface area (Å²) in [5.41, 5.74) is 3.39. The fraction of sp³-hybridized carbons (Fsp3) is 0.227. The van der Waals surface area contributed by atoms with E-state index in [0.29, 0.717) is 18.0 Å². The second kappa shape index (κ2) is 9.05. The Morgan fingerprint density at radius 1 is 1.07 bits per heavy atom. The van der Waals surface area contributed by atoms with Crippen LogP contribution in [0.1, 0.15) is 21.7 Å². The molecule has 0 aliphatic rings. The molecule has 0 saturated carbocycles. The molecule has 1 amide bonds. The Hall–Kier alpha value is -3.61. The summed E-state index contributed by atoms with van der Waals surface area (Å²) in [5.74, 6) is -0.686.